The lowest BCUT2D eigenvalue weighted by Gasteiger charge is -2.07. The van der Waals surface area contributed by atoms with Gasteiger partial charge in [0, 0.05) is 5.69 Å². The molecule has 2 aromatic rings. The predicted octanol–water partition coefficient (Wildman–Crippen LogP) is 2.80. The van der Waals surface area contributed by atoms with E-state index in [1.165, 1.54) is 12.1 Å². The van der Waals surface area contributed by atoms with Gasteiger partial charge in [0.1, 0.15) is 11.5 Å². The minimum Gasteiger partial charge on any atom is -0.508 e. The van der Waals surface area contributed by atoms with Crippen LogP contribution in [0.2, 0.25) is 0 Å². The largest absolute Gasteiger partial charge is 0.508 e. The third-order valence-electron chi connectivity index (χ3n) is 2.49. The molecule has 2 rings (SSSR count). The van der Waals surface area contributed by atoms with Crippen LogP contribution in [0.15, 0.2) is 54.6 Å². The van der Waals surface area contributed by atoms with Gasteiger partial charge in [0.05, 0.1) is 13.0 Å². The van der Waals surface area contributed by atoms with E-state index in [0.717, 1.165) is 5.75 Å². The fraction of sp³-hybridized carbons (Fsp3) is 0.133. The average Bonchev–Trinajstić information content (AvgIpc) is 2.43. The molecular weight excluding hydrogens is 242 g/mol. The van der Waals surface area contributed by atoms with Crippen molar-refractivity contribution in [1.29, 1.82) is 0 Å². The summed E-state index contributed by atoms with van der Waals surface area (Å²) in [6, 6.07) is 15.7. The zero-order valence-electron chi connectivity index (χ0n) is 10.4. The second-order valence-electron chi connectivity index (χ2n) is 4.01. The van der Waals surface area contributed by atoms with Crippen LogP contribution in [0.4, 0.5) is 5.69 Å². The summed E-state index contributed by atoms with van der Waals surface area (Å²) in [6.07, 6.45) is 0.274. The second kappa shape index (κ2) is 6.44. The first-order chi connectivity index (χ1) is 9.24. The molecule has 2 N–H and O–H groups in total. The minimum absolute atomic E-state index is 0.123. The Kier molecular flexibility index (Phi) is 4.39. The number of hydrogen-bond acceptors (Lipinski definition) is 3. The second-order valence-corrected chi connectivity index (χ2v) is 4.01. The molecule has 1 amide bonds. The van der Waals surface area contributed by atoms with Crippen LogP contribution in [-0.4, -0.2) is 17.6 Å². The molecule has 4 nitrogen and oxygen atoms in total. The fourth-order valence-corrected chi connectivity index (χ4v) is 1.55. The van der Waals surface area contributed by atoms with E-state index in [9.17, 15) is 4.79 Å². The van der Waals surface area contributed by atoms with Gasteiger partial charge in [-0.3, -0.25) is 4.79 Å². The smallest absolute Gasteiger partial charge is 0.227 e. The minimum atomic E-state index is -0.123. The van der Waals surface area contributed by atoms with E-state index in [4.69, 9.17) is 9.84 Å². The molecule has 19 heavy (non-hydrogen) atoms. The quantitative estimate of drug-likeness (QED) is 0.810. The van der Waals surface area contributed by atoms with Gasteiger partial charge >= 0.3 is 0 Å². The molecule has 0 atom stereocenters. The first kappa shape index (κ1) is 13.0. The molecule has 0 aliphatic heterocycles. The molecule has 0 bridgehead atoms. The highest BCUT2D eigenvalue weighted by Gasteiger charge is 2.03. The van der Waals surface area contributed by atoms with Gasteiger partial charge in [0.15, 0.2) is 0 Å². The molecule has 0 heterocycles. The monoisotopic (exact) mass is 257 g/mol. The topological polar surface area (TPSA) is 58.6 Å². The van der Waals surface area contributed by atoms with Gasteiger partial charge in [0.25, 0.3) is 0 Å². The van der Waals surface area contributed by atoms with Crippen LogP contribution >= 0.6 is 0 Å². The van der Waals surface area contributed by atoms with Crippen LogP contribution in [-0.2, 0) is 4.79 Å². The molecule has 0 aromatic heterocycles. The molecule has 0 saturated carbocycles. The maximum Gasteiger partial charge on any atom is 0.227 e. The lowest BCUT2D eigenvalue weighted by atomic mass is 10.3. The number of anilines is 1. The number of para-hydroxylation sites is 1. The molecule has 4 heteroatoms. The number of aromatic hydroxyl groups is 1. The van der Waals surface area contributed by atoms with E-state index >= 15 is 0 Å². The summed E-state index contributed by atoms with van der Waals surface area (Å²) in [6.45, 7) is 0.327. The highest BCUT2D eigenvalue weighted by atomic mass is 16.5. The van der Waals surface area contributed by atoms with E-state index in [-0.39, 0.29) is 18.1 Å². The van der Waals surface area contributed by atoms with Crippen LogP contribution in [0.1, 0.15) is 6.42 Å². The Morgan fingerprint density at radius 1 is 1.05 bits per heavy atom. The number of nitrogens with one attached hydrogen (secondary N) is 1. The molecule has 98 valence electrons. The third-order valence-corrected chi connectivity index (χ3v) is 2.49. The Labute approximate surface area is 111 Å². The first-order valence-electron chi connectivity index (χ1n) is 6.01. The standard InChI is InChI=1S/C15H15NO3/c17-13-8-6-12(7-9-13)16-15(18)10-11-19-14-4-2-1-3-5-14/h1-9,17H,10-11H2,(H,16,18). The highest BCUT2D eigenvalue weighted by molar-refractivity contribution is 5.90. The van der Waals surface area contributed by atoms with Crippen LogP contribution in [0.3, 0.4) is 0 Å². The average molecular weight is 257 g/mol. The van der Waals surface area contributed by atoms with Crippen LogP contribution in [0.5, 0.6) is 11.5 Å². The third kappa shape index (κ3) is 4.35. The molecule has 0 aliphatic carbocycles. The number of phenols is 1. The van der Waals surface area contributed by atoms with Crippen molar-refractivity contribution < 1.29 is 14.6 Å². The van der Waals surface area contributed by atoms with Crippen LogP contribution in [0.25, 0.3) is 0 Å². The zero-order valence-corrected chi connectivity index (χ0v) is 10.4. The molecular formula is C15H15NO3. The Hall–Kier alpha value is -2.49. The lowest BCUT2D eigenvalue weighted by Crippen LogP contribution is -2.15. The van der Waals surface area contributed by atoms with Gasteiger partial charge in [-0.2, -0.15) is 0 Å². The van der Waals surface area contributed by atoms with Gasteiger partial charge in [-0.15, -0.1) is 0 Å². The molecule has 0 saturated heterocycles. The zero-order chi connectivity index (χ0) is 13.5. The summed E-state index contributed by atoms with van der Waals surface area (Å²) in [5, 5.41) is 11.9. The van der Waals surface area contributed by atoms with E-state index in [2.05, 4.69) is 5.32 Å². The molecule has 0 aliphatic rings. The number of rotatable bonds is 5. The van der Waals surface area contributed by atoms with Gasteiger partial charge in [-0.25, -0.2) is 0 Å². The summed E-state index contributed by atoms with van der Waals surface area (Å²) in [4.78, 5) is 11.6. The Balaban J connectivity index is 1.74. The fourth-order valence-electron chi connectivity index (χ4n) is 1.55. The number of amides is 1. The van der Waals surface area contributed by atoms with Crippen LogP contribution in [0, 0.1) is 0 Å². The van der Waals surface area contributed by atoms with E-state index in [0.29, 0.717) is 12.3 Å². The Morgan fingerprint density at radius 3 is 2.42 bits per heavy atom. The summed E-state index contributed by atoms with van der Waals surface area (Å²) >= 11 is 0. The first-order valence-corrected chi connectivity index (χ1v) is 6.01. The summed E-state index contributed by atoms with van der Waals surface area (Å²) in [7, 11) is 0. The van der Waals surface area contributed by atoms with Gasteiger partial charge in [-0.1, -0.05) is 18.2 Å². The van der Waals surface area contributed by atoms with Crippen molar-refractivity contribution in [3.8, 4) is 11.5 Å². The highest BCUT2D eigenvalue weighted by Crippen LogP contribution is 2.14. The normalized spacial score (nSPS) is 9.89. The van der Waals surface area contributed by atoms with Crippen molar-refractivity contribution in [2.45, 2.75) is 6.42 Å². The van der Waals surface area contributed by atoms with E-state index in [1.54, 1.807) is 12.1 Å². The SMILES string of the molecule is O=C(CCOc1ccccc1)Nc1ccc(O)cc1. The number of carbonyl (C=O) groups is 1. The van der Waals surface area contributed by atoms with E-state index in [1.807, 2.05) is 30.3 Å². The number of carbonyl (C=O) groups excluding carboxylic acids is 1. The van der Waals surface area contributed by atoms with Crippen molar-refractivity contribution in [1.82, 2.24) is 0 Å². The molecule has 0 fully saturated rings. The molecule has 2 aromatic carbocycles. The predicted molar refractivity (Wildman–Crippen MR) is 73.3 cm³/mol. The Morgan fingerprint density at radius 2 is 1.74 bits per heavy atom. The lowest BCUT2D eigenvalue weighted by molar-refractivity contribution is -0.116. The summed E-state index contributed by atoms with van der Waals surface area (Å²) in [5.74, 6) is 0.798. The van der Waals surface area contributed by atoms with Gasteiger partial charge < -0.3 is 15.2 Å². The number of phenolic OH excluding ortho intramolecular Hbond substituents is 1. The maximum absolute atomic E-state index is 11.6. The molecule has 0 radical (unpaired) electrons. The van der Waals surface area contributed by atoms with Gasteiger partial charge in [-0.05, 0) is 36.4 Å². The molecule has 0 unspecified atom stereocenters. The van der Waals surface area contributed by atoms with Crippen LogP contribution < -0.4 is 10.1 Å². The van der Waals surface area contributed by atoms with Crippen molar-refractivity contribution in [3.05, 3.63) is 54.6 Å². The maximum atomic E-state index is 11.6. The number of hydrogen-bond donors (Lipinski definition) is 2. The summed E-state index contributed by atoms with van der Waals surface area (Å²) < 4.78 is 5.43. The Bertz CT molecular complexity index is 523. The van der Waals surface area contributed by atoms with Crippen molar-refractivity contribution >= 4 is 11.6 Å². The van der Waals surface area contributed by atoms with Crippen molar-refractivity contribution in [2.75, 3.05) is 11.9 Å². The summed E-state index contributed by atoms with van der Waals surface area (Å²) in [5.41, 5.74) is 0.655. The van der Waals surface area contributed by atoms with Crippen molar-refractivity contribution in [2.24, 2.45) is 0 Å². The number of ether oxygens (including phenoxy) is 1. The molecule has 0 spiro atoms. The van der Waals surface area contributed by atoms with E-state index < -0.39 is 0 Å². The number of benzene rings is 2. The van der Waals surface area contributed by atoms with Gasteiger partial charge in [0.2, 0.25) is 5.91 Å². The van der Waals surface area contributed by atoms with Crippen molar-refractivity contribution in [3.63, 3.8) is 0 Å².